The second-order valence-corrected chi connectivity index (χ2v) is 3.81. The maximum Gasteiger partial charge on any atom is 0.322 e. The van der Waals surface area contributed by atoms with Crippen LogP contribution in [-0.2, 0) is 9.53 Å². The van der Waals surface area contributed by atoms with Gasteiger partial charge in [-0.05, 0) is 6.42 Å². The smallest absolute Gasteiger partial charge is 0.322 e. The monoisotopic (exact) mass is 198 g/mol. The summed E-state index contributed by atoms with van der Waals surface area (Å²) in [6.07, 6.45) is 1.40. The summed E-state index contributed by atoms with van der Waals surface area (Å²) < 4.78 is 5.31. The number of rotatable bonds is 1. The molecule has 14 heavy (non-hydrogen) atoms. The van der Waals surface area contributed by atoms with Crippen molar-refractivity contribution in [3.8, 4) is 0 Å². The average Bonchev–Trinajstić information content (AvgIpc) is 2.43. The minimum absolute atomic E-state index is 0.0858. The normalized spacial score (nSPS) is 37.1. The van der Waals surface area contributed by atoms with Gasteiger partial charge in [-0.2, -0.15) is 0 Å². The summed E-state index contributed by atoms with van der Waals surface area (Å²) in [4.78, 5) is 22.8. The third kappa shape index (κ3) is 1.19. The van der Waals surface area contributed by atoms with Crippen LogP contribution in [-0.4, -0.2) is 30.7 Å². The number of imide groups is 1. The highest BCUT2D eigenvalue weighted by atomic mass is 16.5. The van der Waals surface area contributed by atoms with Crippen molar-refractivity contribution in [2.24, 2.45) is 5.92 Å². The van der Waals surface area contributed by atoms with Gasteiger partial charge in [0.2, 0.25) is 0 Å². The predicted octanol–water partition coefficient (Wildman–Crippen LogP) is 0.0111. The highest BCUT2D eigenvalue weighted by Gasteiger charge is 2.52. The van der Waals surface area contributed by atoms with Crippen molar-refractivity contribution in [3.63, 3.8) is 0 Å². The molecule has 5 nitrogen and oxygen atoms in total. The fourth-order valence-corrected chi connectivity index (χ4v) is 2.24. The van der Waals surface area contributed by atoms with Gasteiger partial charge in [-0.25, -0.2) is 4.79 Å². The van der Waals surface area contributed by atoms with E-state index in [2.05, 4.69) is 10.6 Å². The minimum atomic E-state index is -0.704. The number of carbonyl (C=O) groups excluding carboxylic acids is 2. The van der Waals surface area contributed by atoms with Crippen molar-refractivity contribution < 1.29 is 14.3 Å². The Morgan fingerprint density at radius 3 is 2.93 bits per heavy atom. The van der Waals surface area contributed by atoms with Gasteiger partial charge in [-0.3, -0.25) is 10.1 Å². The number of amides is 3. The first-order chi connectivity index (χ1) is 6.69. The molecule has 0 radical (unpaired) electrons. The zero-order valence-corrected chi connectivity index (χ0v) is 8.13. The topological polar surface area (TPSA) is 67.4 Å². The fourth-order valence-electron chi connectivity index (χ4n) is 2.24. The Morgan fingerprint density at radius 2 is 2.36 bits per heavy atom. The molecule has 2 aliphatic rings. The highest BCUT2D eigenvalue weighted by Crippen LogP contribution is 2.31. The van der Waals surface area contributed by atoms with Crippen LogP contribution >= 0.6 is 0 Å². The predicted molar refractivity (Wildman–Crippen MR) is 48.6 cm³/mol. The lowest BCUT2D eigenvalue weighted by atomic mass is 9.78. The third-order valence-electron chi connectivity index (χ3n) is 3.12. The van der Waals surface area contributed by atoms with Gasteiger partial charge in [0.15, 0.2) is 0 Å². The second-order valence-electron chi connectivity index (χ2n) is 3.81. The van der Waals surface area contributed by atoms with E-state index in [1.165, 1.54) is 0 Å². The molecule has 0 aromatic heterocycles. The maximum absolute atomic E-state index is 11.7. The lowest BCUT2D eigenvalue weighted by Gasteiger charge is -2.37. The molecule has 1 spiro atoms. The van der Waals surface area contributed by atoms with E-state index >= 15 is 0 Å². The largest absolute Gasteiger partial charge is 0.381 e. The zero-order valence-electron chi connectivity index (χ0n) is 8.13. The minimum Gasteiger partial charge on any atom is -0.381 e. The number of nitrogens with one attached hydrogen (secondary N) is 2. The van der Waals surface area contributed by atoms with Crippen LogP contribution in [0.4, 0.5) is 4.79 Å². The average molecular weight is 198 g/mol. The first kappa shape index (κ1) is 9.45. The van der Waals surface area contributed by atoms with Crippen LogP contribution in [0.5, 0.6) is 0 Å². The first-order valence-corrected chi connectivity index (χ1v) is 4.90. The highest BCUT2D eigenvalue weighted by molar-refractivity contribution is 6.07. The number of ether oxygens (including phenoxy) is 1. The standard InChI is InChI=1S/C9H14N2O3/c1-2-6-5-14-4-3-9(6)7(12)10-8(13)11-9/h6H,2-5H2,1H3,(H2,10,11,12,13). The molecule has 78 valence electrons. The molecule has 2 unspecified atom stereocenters. The van der Waals surface area contributed by atoms with Gasteiger partial charge in [0.05, 0.1) is 6.61 Å². The Hall–Kier alpha value is -1.10. The van der Waals surface area contributed by atoms with Crippen LogP contribution in [0.3, 0.4) is 0 Å². The fraction of sp³-hybridized carbons (Fsp3) is 0.778. The van der Waals surface area contributed by atoms with Gasteiger partial charge >= 0.3 is 6.03 Å². The Kier molecular flexibility index (Phi) is 2.19. The van der Waals surface area contributed by atoms with E-state index in [1.807, 2.05) is 6.92 Å². The number of hydrogen-bond donors (Lipinski definition) is 2. The SMILES string of the molecule is CCC1COCCC12NC(=O)NC2=O. The summed E-state index contributed by atoms with van der Waals surface area (Å²) in [5.74, 6) is -0.111. The summed E-state index contributed by atoms with van der Waals surface area (Å²) in [7, 11) is 0. The van der Waals surface area contributed by atoms with Gasteiger partial charge in [0.25, 0.3) is 5.91 Å². The molecule has 2 fully saturated rings. The second kappa shape index (κ2) is 3.24. The molecule has 0 bridgehead atoms. The van der Waals surface area contributed by atoms with E-state index < -0.39 is 5.54 Å². The summed E-state index contributed by atoms with van der Waals surface area (Å²) in [5.41, 5.74) is -0.704. The van der Waals surface area contributed by atoms with Crippen molar-refractivity contribution in [2.75, 3.05) is 13.2 Å². The molecule has 2 saturated heterocycles. The van der Waals surface area contributed by atoms with E-state index in [9.17, 15) is 9.59 Å². The molecule has 2 heterocycles. The Balaban J connectivity index is 2.26. The third-order valence-corrected chi connectivity index (χ3v) is 3.12. The van der Waals surface area contributed by atoms with Crippen LogP contribution in [0.1, 0.15) is 19.8 Å². The molecule has 0 aliphatic carbocycles. The lowest BCUT2D eigenvalue weighted by molar-refractivity contribution is -0.131. The van der Waals surface area contributed by atoms with E-state index in [-0.39, 0.29) is 17.9 Å². The van der Waals surface area contributed by atoms with Gasteiger partial charge in [0.1, 0.15) is 5.54 Å². The summed E-state index contributed by atoms with van der Waals surface area (Å²) in [6.45, 7) is 3.08. The van der Waals surface area contributed by atoms with Crippen LogP contribution in [0.25, 0.3) is 0 Å². The van der Waals surface area contributed by atoms with Crippen LogP contribution in [0.2, 0.25) is 0 Å². The maximum atomic E-state index is 11.7. The van der Waals surface area contributed by atoms with Gasteiger partial charge in [0, 0.05) is 18.9 Å². The molecule has 2 N–H and O–H groups in total. The molecule has 2 atom stereocenters. The molecule has 2 aliphatic heterocycles. The van der Waals surface area contributed by atoms with Crippen molar-refractivity contribution >= 4 is 11.9 Å². The van der Waals surface area contributed by atoms with Gasteiger partial charge < -0.3 is 10.1 Å². The molecule has 2 rings (SSSR count). The van der Waals surface area contributed by atoms with E-state index in [0.717, 1.165) is 6.42 Å². The van der Waals surface area contributed by atoms with Crippen molar-refractivity contribution in [1.29, 1.82) is 0 Å². The summed E-state index contributed by atoms with van der Waals surface area (Å²) in [6, 6.07) is -0.379. The Bertz CT molecular complexity index is 279. The van der Waals surface area contributed by atoms with Crippen LogP contribution < -0.4 is 10.6 Å². The molecular weight excluding hydrogens is 184 g/mol. The Labute approximate surface area is 82.2 Å². The van der Waals surface area contributed by atoms with E-state index in [4.69, 9.17) is 4.74 Å². The van der Waals surface area contributed by atoms with E-state index in [0.29, 0.717) is 19.6 Å². The van der Waals surface area contributed by atoms with Crippen LogP contribution in [0, 0.1) is 5.92 Å². The molecule has 0 aromatic carbocycles. The van der Waals surface area contributed by atoms with Crippen LogP contribution in [0.15, 0.2) is 0 Å². The summed E-state index contributed by atoms with van der Waals surface area (Å²) >= 11 is 0. The molecule has 5 heteroatoms. The van der Waals surface area contributed by atoms with Crippen molar-refractivity contribution in [2.45, 2.75) is 25.3 Å². The van der Waals surface area contributed by atoms with Gasteiger partial charge in [-0.15, -0.1) is 0 Å². The zero-order chi connectivity index (χ0) is 10.2. The molecular formula is C9H14N2O3. The number of urea groups is 1. The van der Waals surface area contributed by atoms with Crippen molar-refractivity contribution in [3.05, 3.63) is 0 Å². The number of hydrogen-bond acceptors (Lipinski definition) is 3. The quantitative estimate of drug-likeness (QED) is 0.583. The van der Waals surface area contributed by atoms with Crippen molar-refractivity contribution in [1.82, 2.24) is 10.6 Å². The molecule has 0 saturated carbocycles. The lowest BCUT2D eigenvalue weighted by Crippen LogP contribution is -2.57. The van der Waals surface area contributed by atoms with Gasteiger partial charge in [-0.1, -0.05) is 6.92 Å². The first-order valence-electron chi connectivity index (χ1n) is 4.90. The molecule has 3 amide bonds. The molecule has 0 aromatic rings. The number of carbonyl (C=O) groups is 2. The summed E-state index contributed by atoms with van der Waals surface area (Å²) in [5, 5.41) is 5.04. The Morgan fingerprint density at radius 1 is 1.57 bits per heavy atom. The van der Waals surface area contributed by atoms with E-state index in [1.54, 1.807) is 0 Å².